The van der Waals surface area contributed by atoms with E-state index >= 15 is 0 Å². The third-order valence-electron chi connectivity index (χ3n) is 3.21. The van der Waals surface area contributed by atoms with E-state index < -0.39 is 47.7 Å². The fraction of sp³-hybridized carbons (Fsp3) is 1.00. The van der Waals surface area contributed by atoms with E-state index in [0.29, 0.717) is 0 Å². The van der Waals surface area contributed by atoms with Crippen molar-refractivity contribution in [2.24, 2.45) is 0 Å². The molecule has 21 heavy (non-hydrogen) atoms. The first-order valence-corrected chi connectivity index (χ1v) is 5.86. The second-order valence-electron chi connectivity index (χ2n) is 4.66. The predicted octanol–water partition coefficient (Wildman–Crippen LogP) is 4.58. The predicted molar refractivity (Wildman–Crippen MR) is 51.0 cm³/mol. The highest BCUT2D eigenvalue weighted by Crippen LogP contribution is 2.64. The average molecular weight is 335 g/mol. The van der Waals surface area contributed by atoms with E-state index in [-0.39, 0.29) is 12.8 Å². The van der Waals surface area contributed by atoms with Crippen LogP contribution in [0, 0.1) is 0 Å². The van der Waals surface area contributed by atoms with Crippen LogP contribution < -0.4 is 0 Å². The highest BCUT2D eigenvalue weighted by atomic mass is 19.4. The Morgan fingerprint density at radius 2 is 1.00 bits per heavy atom. The van der Waals surface area contributed by atoms with Crippen LogP contribution in [-0.2, 0) is 0 Å². The summed E-state index contributed by atoms with van der Waals surface area (Å²) in [4.78, 5) is -1.83. The number of piperidine rings is 1. The number of likely N-dealkylation sites (tertiary alicyclic amines) is 1. The lowest BCUT2D eigenvalue weighted by Gasteiger charge is -2.51. The van der Waals surface area contributed by atoms with Crippen molar-refractivity contribution in [3.63, 3.8) is 0 Å². The summed E-state index contributed by atoms with van der Waals surface area (Å²) in [5.74, 6) is -20.2. The standard InChI is InChI=1S/C10H11F10N/c1-2-3-4-5-21-9(17,18)7(13,14)6(11,12)8(15,16)10(21,19)20/h2-5H2,1H3. The lowest BCUT2D eigenvalue weighted by atomic mass is 9.93. The zero-order chi connectivity index (χ0) is 16.9. The Bertz CT molecular complexity index is 361. The highest BCUT2D eigenvalue weighted by molar-refractivity contribution is 5.14. The van der Waals surface area contributed by atoms with Crippen LogP contribution in [0.15, 0.2) is 0 Å². The topological polar surface area (TPSA) is 3.24 Å². The minimum Gasteiger partial charge on any atom is -0.192 e. The Morgan fingerprint density at radius 1 is 0.619 bits per heavy atom. The second kappa shape index (κ2) is 4.88. The molecule has 0 atom stereocenters. The van der Waals surface area contributed by atoms with Gasteiger partial charge in [0.05, 0.1) is 0 Å². The molecule has 0 spiro atoms. The number of unbranched alkanes of at least 4 members (excludes halogenated alkanes) is 2. The summed E-state index contributed by atoms with van der Waals surface area (Å²) in [5.41, 5.74) is 0. The molecule has 0 aliphatic carbocycles. The lowest BCUT2D eigenvalue weighted by Crippen LogP contribution is -2.81. The molecule has 1 saturated heterocycles. The smallest absolute Gasteiger partial charge is 0.192 e. The monoisotopic (exact) mass is 335 g/mol. The third-order valence-corrected chi connectivity index (χ3v) is 3.21. The first-order valence-electron chi connectivity index (χ1n) is 5.86. The molecule has 11 heteroatoms. The maximum Gasteiger partial charge on any atom is 0.393 e. The molecule has 1 aliphatic heterocycles. The van der Waals surface area contributed by atoms with Crippen molar-refractivity contribution < 1.29 is 43.9 Å². The van der Waals surface area contributed by atoms with Gasteiger partial charge in [-0.2, -0.15) is 48.8 Å². The van der Waals surface area contributed by atoms with E-state index in [2.05, 4.69) is 0 Å². The summed E-state index contributed by atoms with van der Waals surface area (Å²) in [6.45, 7) is -0.0705. The summed E-state index contributed by atoms with van der Waals surface area (Å²) >= 11 is 0. The van der Waals surface area contributed by atoms with Gasteiger partial charge in [0.1, 0.15) is 0 Å². The number of hydrogen-bond donors (Lipinski definition) is 0. The van der Waals surface area contributed by atoms with E-state index in [0.717, 1.165) is 0 Å². The van der Waals surface area contributed by atoms with Gasteiger partial charge < -0.3 is 0 Å². The Hall–Kier alpha value is -0.740. The second-order valence-corrected chi connectivity index (χ2v) is 4.66. The van der Waals surface area contributed by atoms with Gasteiger partial charge in [-0.25, -0.2) is 0 Å². The van der Waals surface area contributed by atoms with Crippen molar-refractivity contribution in [1.29, 1.82) is 0 Å². The number of alkyl halides is 10. The van der Waals surface area contributed by atoms with Crippen LogP contribution in [0.1, 0.15) is 26.2 Å². The summed E-state index contributed by atoms with van der Waals surface area (Å²) in [7, 11) is 0. The van der Waals surface area contributed by atoms with Crippen molar-refractivity contribution >= 4 is 0 Å². The number of nitrogens with zero attached hydrogens (tertiary/aromatic N) is 1. The van der Waals surface area contributed by atoms with Gasteiger partial charge in [0.15, 0.2) is 0 Å². The molecule has 0 radical (unpaired) electrons. The Balaban J connectivity index is 3.36. The van der Waals surface area contributed by atoms with Crippen molar-refractivity contribution in [3.05, 3.63) is 0 Å². The molecule has 0 N–H and O–H groups in total. The zero-order valence-electron chi connectivity index (χ0n) is 10.6. The van der Waals surface area contributed by atoms with E-state index in [1.807, 2.05) is 0 Å². The number of rotatable bonds is 4. The largest absolute Gasteiger partial charge is 0.393 e. The normalized spacial score (nSPS) is 29.3. The van der Waals surface area contributed by atoms with Gasteiger partial charge in [0.25, 0.3) is 0 Å². The molecule has 0 bridgehead atoms. The minimum absolute atomic E-state index is 0.00377. The van der Waals surface area contributed by atoms with Crippen molar-refractivity contribution in [1.82, 2.24) is 4.90 Å². The summed E-state index contributed by atoms with van der Waals surface area (Å²) in [6, 6.07) is -12.2. The first-order chi connectivity index (χ1) is 9.19. The SMILES string of the molecule is CCCCCN1C(F)(F)C(F)(F)C(F)(F)C(F)(F)C1(F)F. The molecule has 0 amide bonds. The molecule has 126 valence electrons. The van der Waals surface area contributed by atoms with Crippen LogP contribution in [0.4, 0.5) is 43.9 Å². The van der Waals surface area contributed by atoms with Crippen molar-refractivity contribution in [2.75, 3.05) is 6.54 Å². The Kier molecular flexibility index (Phi) is 4.26. The van der Waals surface area contributed by atoms with Gasteiger partial charge in [0, 0.05) is 6.54 Å². The minimum atomic E-state index is -6.89. The molecule has 1 nitrogen and oxygen atoms in total. The van der Waals surface area contributed by atoms with Gasteiger partial charge >= 0.3 is 29.9 Å². The Morgan fingerprint density at radius 3 is 1.33 bits per heavy atom. The van der Waals surface area contributed by atoms with E-state index in [1.165, 1.54) is 6.92 Å². The Labute approximate surface area is 112 Å². The van der Waals surface area contributed by atoms with Crippen molar-refractivity contribution in [3.8, 4) is 0 Å². The maximum absolute atomic E-state index is 13.3. The van der Waals surface area contributed by atoms with Gasteiger partial charge in [-0.3, -0.25) is 0 Å². The molecule has 1 fully saturated rings. The van der Waals surface area contributed by atoms with Gasteiger partial charge in [-0.05, 0) is 6.42 Å². The molecule has 0 aromatic rings. The summed E-state index contributed by atoms with van der Waals surface area (Å²) in [5, 5.41) is 0. The first kappa shape index (κ1) is 18.3. The zero-order valence-corrected chi connectivity index (χ0v) is 10.6. The molecular formula is C10H11F10N. The van der Waals surface area contributed by atoms with Gasteiger partial charge in [0.2, 0.25) is 0 Å². The number of halogens is 10. The fourth-order valence-corrected chi connectivity index (χ4v) is 1.89. The molecule has 0 saturated carbocycles. The van der Waals surface area contributed by atoms with Crippen LogP contribution in [0.2, 0.25) is 0 Å². The van der Waals surface area contributed by atoms with Crippen LogP contribution >= 0.6 is 0 Å². The highest BCUT2D eigenvalue weighted by Gasteiger charge is 2.94. The van der Waals surface area contributed by atoms with Crippen LogP contribution in [0.5, 0.6) is 0 Å². The molecule has 1 rings (SSSR count). The fourth-order valence-electron chi connectivity index (χ4n) is 1.89. The van der Waals surface area contributed by atoms with Gasteiger partial charge in [-0.15, -0.1) is 0 Å². The van der Waals surface area contributed by atoms with Crippen LogP contribution in [0.3, 0.4) is 0 Å². The van der Waals surface area contributed by atoms with E-state index in [4.69, 9.17) is 0 Å². The van der Waals surface area contributed by atoms with Crippen LogP contribution in [0.25, 0.3) is 0 Å². The third kappa shape index (κ3) is 2.10. The molecule has 0 aromatic carbocycles. The van der Waals surface area contributed by atoms with Crippen molar-refractivity contribution in [2.45, 2.75) is 56.0 Å². The maximum atomic E-state index is 13.3. The number of hydrogen-bond acceptors (Lipinski definition) is 1. The van der Waals surface area contributed by atoms with Crippen LogP contribution in [-0.4, -0.2) is 41.3 Å². The summed E-state index contributed by atoms with van der Waals surface area (Å²) in [6.07, 6.45) is -0.274. The molecule has 0 aromatic heterocycles. The average Bonchev–Trinajstić information content (AvgIpc) is 2.31. The molecule has 1 aliphatic rings. The summed E-state index contributed by atoms with van der Waals surface area (Å²) < 4.78 is 131. The molecular weight excluding hydrogens is 324 g/mol. The van der Waals surface area contributed by atoms with E-state index in [9.17, 15) is 43.9 Å². The van der Waals surface area contributed by atoms with E-state index in [1.54, 1.807) is 0 Å². The quantitative estimate of drug-likeness (QED) is 0.413. The lowest BCUT2D eigenvalue weighted by molar-refractivity contribution is -0.506. The van der Waals surface area contributed by atoms with Gasteiger partial charge in [-0.1, -0.05) is 19.8 Å². The molecule has 0 unspecified atom stereocenters. The molecule has 1 heterocycles.